The second kappa shape index (κ2) is 7.41. The van der Waals surface area contributed by atoms with E-state index in [0.29, 0.717) is 23.3 Å². The number of benzene rings is 1. The first kappa shape index (κ1) is 17.5. The minimum Gasteiger partial charge on any atom is -0.267 e. The third-order valence-corrected chi connectivity index (χ3v) is 5.42. The van der Waals surface area contributed by atoms with Gasteiger partial charge in [0.1, 0.15) is 11.2 Å². The van der Waals surface area contributed by atoms with Crippen molar-refractivity contribution >= 4 is 22.5 Å². The molecule has 5 aromatic rings. The molecule has 0 atom stereocenters. The molecular formula is C23H16N4OS. The lowest BCUT2D eigenvalue weighted by atomic mass is 10.1. The zero-order valence-corrected chi connectivity index (χ0v) is 16.2. The van der Waals surface area contributed by atoms with E-state index in [2.05, 4.69) is 26.4 Å². The molecule has 0 aliphatic carbocycles. The molecule has 0 bridgehead atoms. The van der Waals surface area contributed by atoms with Crippen molar-refractivity contribution in [3.63, 3.8) is 0 Å². The van der Waals surface area contributed by atoms with Crippen molar-refractivity contribution in [2.75, 3.05) is 0 Å². The first-order valence-electron chi connectivity index (χ1n) is 9.18. The molecule has 1 aromatic carbocycles. The minimum absolute atomic E-state index is 0.164. The van der Waals surface area contributed by atoms with Crippen LogP contribution in [-0.2, 0) is 6.42 Å². The van der Waals surface area contributed by atoms with Crippen molar-refractivity contribution in [2.45, 2.75) is 6.42 Å². The molecular weight excluding hydrogens is 380 g/mol. The smallest absolute Gasteiger partial charge is 0.267 e. The summed E-state index contributed by atoms with van der Waals surface area (Å²) < 4.78 is 1.66. The number of hydrogen-bond acceptors (Lipinski definition) is 5. The monoisotopic (exact) mass is 396 g/mol. The van der Waals surface area contributed by atoms with E-state index >= 15 is 0 Å². The van der Waals surface area contributed by atoms with E-state index < -0.39 is 0 Å². The SMILES string of the molecule is O=c1c(Cc2cccnc2)nc2cccnc2n1-c1cccc(-c2ccsc2)c1. The van der Waals surface area contributed by atoms with E-state index in [1.807, 2.05) is 53.9 Å². The maximum absolute atomic E-state index is 13.4. The van der Waals surface area contributed by atoms with Crippen LogP contribution in [0.25, 0.3) is 28.0 Å². The van der Waals surface area contributed by atoms with Gasteiger partial charge in [-0.15, -0.1) is 0 Å². The second-order valence-corrected chi connectivity index (χ2v) is 7.43. The highest BCUT2D eigenvalue weighted by molar-refractivity contribution is 7.08. The molecule has 0 spiro atoms. The first-order chi connectivity index (χ1) is 14.3. The van der Waals surface area contributed by atoms with Gasteiger partial charge in [0.25, 0.3) is 5.56 Å². The molecule has 5 rings (SSSR count). The Morgan fingerprint density at radius 2 is 1.90 bits per heavy atom. The zero-order chi connectivity index (χ0) is 19.6. The summed E-state index contributed by atoms with van der Waals surface area (Å²) in [5.74, 6) is 0. The molecule has 0 radical (unpaired) electrons. The van der Waals surface area contributed by atoms with Crippen molar-refractivity contribution < 1.29 is 0 Å². The summed E-state index contributed by atoms with van der Waals surface area (Å²) in [5, 5.41) is 4.14. The van der Waals surface area contributed by atoms with Crippen LogP contribution >= 0.6 is 11.3 Å². The Bertz CT molecular complexity index is 1340. The number of fused-ring (bicyclic) bond motifs is 1. The van der Waals surface area contributed by atoms with Gasteiger partial charge in [-0.2, -0.15) is 11.3 Å². The number of pyridine rings is 2. The molecule has 4 heterocycles. The largest absolute Gasteiger partial charge is 0.278 e. The topological polar surface area (TPSA) is 60.7 Å². The van der Waals surface area contributed by atoms with Crippen LogP contribution in [0.5, 0.6) is 0 Å². The summed E-state index contributed by atoms with van der Waals surface area (Å²) in [5.41, 5.74) is 5.46. The molecule has 6 heteroatoms. The van der Waals surface area contributed by atoms with Crippen molar-refractivity contribution in [1.29, 1.82) is 0 Å². The van der Waals surface area contributed by atoms with Gasteiger partial charge in [-0.05, 0) is 63.8 Å². The van der Waals surface area contributed by atoms with Crippen molar-refractivity contribution in [3.05, 3.63) is 106 Å². The Hall–Kier alpha value is -3.64. The first-order valence-corrected chi connectivity index (χ1v) is 10.1. The predicted molar refractivity (Wildman–Crippen MR) is 115 cm³/mol. The maximum Gasteiger partial charge on any atom is 0.278 e. The molecule has 0 N–H and O–H groups in total. The third-order valence-electron chi connectivity index (χ3n) is 4.74. The highest BCUT2D eigenvalue weighted by Crippen LogP contribution is 2.25. The molecule has 0 saturated heterocycles. The van der Waals surface area contributed by atoms with E-state index in [4.69, 9.17) is 0 Å². The Balaban J connectivity index is 1.72. The van der Waals surface area contributed by atoms with E-state index in [0.717, 1.165) is 22.4 Å². The number of rotatable bonds is 4. The Morgan fingerprint density at radius 1 is 0.966 bits per heavy atom. The lowest BCUT2D eigenvalue weighted by molar-refractivity contribution is 0.925. The van der Waals surface area contributed by atoms with Crippen LogP contribution in [0, 0.1) is 0 Å². The highest BCUT2D eigenvalue weighted by Gasteiger charge is 2.14. The van der Waals surface area contributed by atoms with Crippen LogP contribution in [-0.4, -0.2) is 19.5 Å². The molecule has 0 saturated carbocycles. The molecule has 0 aliphatic heterocycles. The van der Waals surface area contributed by atoms with Crippen LogP contribution in [0.2, 0.25) is 0 Å². The van der Waals surface area contributed by atoms with Crippen LogP contribution < -0.4 is 5.56 Å². The van der Waals surface area contributed by atoms with Crippen LogP contribution in [0.15, 0.2) is 88.7 Å². The van der Waals surface area contributed by atoms with Gasteiger partial charge in [-0.25, -0.2) is 9.97 Å². The molecule has 140 valence electrons. The second-order valence-electron chi connectivity index (χ2n) is 6.65. The maximum atomic E-state index is 13.4. The lowest BCUT2D eigenvalue weighted by Gasteiger charge is -2.12. The van der Waals surface area contributed by atoms with E-state index in [1.54, 1.807) is 34.5 Å². The summed E-state index contributed by atoms with van der Waals surface area (Å²) >= 11 is 1.65. The number of nitrogens with zero attached hydrogens (tertiary/aromatic N) is 4. The molecule has 0 fully saturated rings. The van der Waals surface area contributed by atoms with Crippen molar-refractivity contribution in [2.24, 2.45) is 0 Å². The Morgan fingerprint density at radius 3 is 2.72 bits per heavy atom. The van der Waals surface area contributed by atoms with Crippen molar-refractivity contribution in [3.8, 4) is 16.8 Å². The van der Waals surface area contributed by atoms with Gasteiger partial charge in [0, 0.05) is 25.0 Å². The fourth-order valence-corrected chi connectivity index (χ4v) is 4.04. The minimum atomic E-state index is -0.164. The van der Waals surface area contributed by atoms with Gasteiger partial charge < -0.3 is 0 Å². The van der Waals surface area contributed by atoms with Crippen LogP contribution in [0.4, 0.5) is 0 Å². The van der Waals surface area contributed by atoms with Gasteiger partial charge in [0.05, 0.1) is 5.69 Å². The lowest BCUT2D eigenvalue weighted by Crippen LogP contribution is -2.25. The molecule has 0 amide bonds. The standard InChI is InChI=1S/C23H16N4OS/c28-23-21(12-16-4-2-9-24-14-16)26-20-7-3-10-25-22(20)27(23)19-6-1-5-17(13-19)18-8-11-29-15-18/h1-11,13-15H,12H2. The van der Waals surface area contributed by atoms with Crippen LogP contribution in [0.1, 0.15) is 11.3 Å². The molecule has 0 unspecified atom stereocenters. The van der Waals surface area contributed by atoms with E-state index in [1.165, 1.54) is 0 Å². The van der Waals surface area contributed by atoms with E-state index in [-0.39, 0.29) is 5.56 Å². The number of hydrogen-bond donors (Lipinski definition) is 0. The van der Waals surface area contributed by atoms with Gasteiger partial charge in [0.2, 0.25) is 0 Å². The quantitative estimate of drug-likeness (QED) is 0.449. The van der Waals surface area contributed by atoms with Gasteiger partial charge in [-0.3, -0.25) is 14.3 Å². The summed E-state index contributed by atoms with van der Waals surface area (Å²) in [6.45, 7) is 0. The molecule has 0 aliphatic rings. The van der Waals surface area contributed by atoms with Gasteiger partial charge >= 0.3 is 0 Å². The van der Waals surface area contributed by atoms with Crippen LogP contribution in [0.3, 0.4) is 0 Å². The van der Waals surface area contributed by atoms with Gasteiger partial charge in [0.15, 0.2) is 5.65 Å². The molecule has 29 heavy (non-hydrogen) atoms. The summed E-state index contributed by atoms with van der Waals surface area (Å²) in [6.07, 6.45) is 5.58. The number of thiophene rings is 1. The fourth-order valence-electron chi connectivity index (χ4n) is 3.37. The fraction of sp³-hybridized carbons (Fsp3) is 0.0435. The third kappa shape index (κ3) is 3.34. The summed E-state index contributed by atoms with van der Waals surface area (Å²) in [7, 11) is 0. The van der Waals surface area contributed by atoms with Gasteiger partial charge in [-0.1, -0.05) is 18.2 Å². The molecule has 5 nitrogen and oxygen atoms in total. The van der Waals surface area contributed by atoms with E-state index in [9.17, 15) is 4.79 Å². The Kier molecular flexibility index (Phi) is 4.46. The average Bonchev–Trinajstić information content (AvgIpc) is 3.30. The zero-order valence-electron chi connectivity index (χ0n) is 15.4. The molecule has 4 aromatic heterocycles. The summed E-state index contributed by atoms with van der Waals surface area (Å²) in [6, 6.07) is 17.6. The predicted octanol–water partition coefficient (Wildman–Crippen LogP) is 4.50. The normalized spacial score (nSPS) is 11.0. The summed E-state index contributed by atoms with van der Waals surface area (Å²) in [4.78, 5) is 26.6. The number of aromatic nitrogens is 4. The highest BCUT2D eigenvalue weighted by atomic mass is 32.1. The van der Waals surface area contributed by atoms with Crippen molar-refractivity contribution in [1.82, 2.24) is 19.5 Å². The Labute approximate surface area is 171 Å². The average molecular weight is 396 g/mol.